The molecule has 1 N–H and O–H groups in total. The molecular formula is C15H28N3O3P. The van der Waals surface area contributed by atoms with Crippen LogP contribution >= 0.6 is 9.39 Å². The van der Waals surface area contributed by atoms with Crippen LogP contribution in [-0.2, 0) is 14.3 Å². The molecule has 0 saturated carbocycles. The molecule has 22 heavy (non-hydrogen) atoms. The Morgan fingerprint density at radius 3 is 2.59 bits per heavy atom. The Morgan fingerprint density at radius 2 is 2.05 bits per heavy atom. The van der Waals surface area contributed by atoms with Gasteiger partial charge in [0.1, 0.15) is 6.04 Å². The summed E-state index contributed by atoms with van der Waals surface area (Å²) in [7, 11) is 3.77. The zero-order valence-corrected chi connectivity index (χ0v) is 15.0. The highest BCUT2D eigenvalue weighted by molar-refractivity contribution is 7.13. The highest BCUT2D eigenvalue weighted by Gasteiger charge is 2.41. The number of carbonyl (C=O) groups excluding carboxylic acids is 2. The monoisotopic (exact) mass is 329 g/mol. The quantitative estimate of drug-likeness (QED) is 0.612. The van der Waals surface area contributed by atoms with E-state index in [1.807, 2.05) is 6.21 Å². The lowest BCUT2D eigenvalue weighted by Crippen LogP contribution is -2.51. The first-order chi connectivity index (χ1) is 10.5. The van der Waals surface area contributed by atoms with Crippen molar-refractivity contribution in [2.24, 2.45) is 16.8 Å². The van der Waals surface area contributed by atoms with E-state index in [-0.39, 0.29) is 11.9 Å². The van der Waals surface area contributed by atoms with Crippen LogP contribution in [-0.4, -0.2) is 55.3 Å². The van der Waals surface area contributed by atoms with Crippen molar-refractivity contribution >= 4 is 28.0 Å². The fraction of sp³-hybridized carbons (Fsp3) is 0.800. The molecule has 126 valence electrons. The average molecular weight is 329 g/mol. The van der Waals surface area contributed by atoms with Crippen molar-refractivity contribution in [1.82, 2.24) is 9.99 Å². The van der Waals surface area contributed by atoms with Gasteiger partial charge in [0.05, 0.1) is 13.7 Å². The van der Waals surface area contributed by atoms with Crippen molar-refractivity contribution in [3.63, 3.8) is 0 Å². The van der Waals surface area contributed by atoms with Gasteiger partial charge in [-0.25, -0.2) is 0 Å². The third kappa shape index (κ3) is 4.50. The number of amides is 1. The topological polar surface area (TPSA) is 71.0 Å². The van der Waals surface area contributed by atoms with E-state index >= 15 is 0 Å². The molecule has 0 radical (unpaired) electrons. The van der Waals surface area contributed by atoms with Crippen molar-refractivity contribution in [1.29, 1.82) is 0 Å². The Morgan fingerprint density at radius 1 is 1.41 bits per heavy atom. The highest BCUT2D eigenvalue weighted by Crippen LogP contribution is 2.33. The van der Waals surface area contributed by atoms with Crippen LogP contribution in [0.2, 0.25) is 0 Å². The van der Waals surface area contributed by atoms with E-state index in [1.165, 1.54) is 7.11 Å². The van der Waals surface area contributed by atoms with Crippen LogP contribution in [0.25, 0.3) is 0 Å². The van der Waals surface area contributed by atoms with Gasteiger partial charge in [0.2, 0.25) is 5.91 Å². The molecule has 1 amide bonds. The standard InChI is InChI=1S/C13H24N3OP.C2H4O2/c1-8-6-14-7-11(15-18)13(17)16-9(2)4-5-12(16)10(8)3;1-4-2-3/h6,8-12,15H,4-5,7,18H2,1-3H3;2H,1H3. The van der Waals surface area contributed by atoms with Crippen LogP contribution in [0.5, 0.6) is 0 Å². The number of rotatable bonds is 2. The summed E-state index contributed by atoms with van der Waals surface area (Å²) in [4.78, 5) is 28.1. The molecule has 7 heteroatoms. The summed E-state index contributed by atoms with van der Waals surface area (Å²) in [5, 5.41) is 3.02. The summed E-state index contributed by atoms with van der Waals surface area (Å²) >= 11 is 0. The van der Waals surface area contributed by atoms with E-state index in [0.717, 1.165) is 12.8 Å². The molecule has 2 heterocycles. The fourth-order valence-corrected chi connectivity index (χ4v) is 3.36. The third-order valence-electron chi connectivity index (χ3n) is 4.63. The average Bonchev–Trinajstić information content (AvgIpc) is 2.92. The van der Waals surface area contributed by atoms with Gasteiger partial charge in [0.15, 0.2) is 0 Å². The number of aliphatic imine (C=N–C) groups is 1. The smallest absolute Gasteiger partial charge is 0.292 e. The van der Waals surface area contributed by atoms with Crippen molar-refractivity contribution in [3.8, 4) is 0 Å². The van der Waals surface area contributed by atoms with E-state index in [2.05, 4.69) is 49.9 Å². The van der Waals surface area contributed by atoms with Gasteiger partial charge in [0, 0.05) is 18.3 Å². The summed E-state index contributed by atoms with van der Waals surface area (Å²) in [5.41, 5.74) is 0. The number of nitrogens with zero attached hydrogens (tertiary/aromatic N) is 2. The van der Waals surface area contributed by atoms with E-state index < -0.39 is 0 Å². The van der Waals surface area contributed by atoms with E-state index in [1.54, 1.807) is 0 Å². The zero-order valence-electron chi connectivity index (χ0n) is 13.9. The van der Waals surface area contributed by atoms with Gasteiger partial charge in [-0.15, -0.1) is 0 Å². The maximum Gasteiger partial charge on any atom is 0.292 e. The summed E-state index contributed by atoms with van der Waals surface area (Å²) in [6.07, 6.45) is 4.27. The molecule has 0 aromatic carbocycles. The van der Waals surface area contributed by atoms with Gasteiger partial charge in [-0.1, -0.05) is 23.2 Å². The van der Waals surface area contributed by atoms with Gasteiger partial charge in [-0.2, -0.15) is 0 Å². The number of hydrogen-bond donors (Lipinski definition) is 1. The molecule has 1 fully saturated rings. The molecule has 6 unspecified atom stereocenters. The predicted molar refractivity (Wildman–Crippen MR) is 90.7 cm³/mol. The predicted octanol–water partition coefficient (Wildman–Crippen LogP) is 1.26. The SMILES string of the molecule is CC1C=NCC(NP)C(=O)N2C(C)CCC2C1C.COC=O. The van der Waals surface area contributed by atoms with E-state index in [4.69, 9.17) is 4.79 Å². The first-order valence-corrected chi connectivity index (χ1v) is 8.30. The molecule has 6 atom stereocenters. The van der Waals surface area contributed by atoms with Gasteiger partial charge >= 0.3 is 0 Å². The Labute approximate surface area is 135 Å². The molecule has 1 saturated heterocycles. The highest BCUT2D eigenvalue weighted by atomic mass is 31.0. The lowest BCUT2D eigenvalue weighted by atomic mass is 9.88. The number of hydrogen-bond acceptors (Lipinski definition) is 5. The maximum absolute atomic E-state index is 12.6. The fourth-order valence-electron chi connectivity index (χ4n) is 3.11. The zero-order chi connectivity index (χ0) is 16.7. The molecule has 0 aromatic heterocycles. The Hall–Kier alpha value is -1.00. The lowest BCUT2D eigenvalue weighted by molar-refractivity contribution is -0.136. The molecule has 0 aromatic rings. The molecule has 2 aliphatic heterocycles. The van der Waals surface area contributed by atoms with Crippen molar-refractivity contribution in [2.75, 3.05) is 13.7 Å². The normalized spacial score (nSPS) is 34.7. The van der Waals surface area contributed by atoms with Crippen LogP contribution < -0.4 is 5.09 Å². The second-order valence-corrected chi connectivity index (χ2v) is 6.36. The molecule has 2 rings (SSSR count). The number of carbonyl (C=O) groups is 2. The van der Waals surface area contributed by atoms with Crippen molar-refractivity contribution in [2.45, 2.75) is 51.7 Å². The minimum atomic E-state index is -0.202. The molecule has 0 aliphatic carbocycles. The summed E-state index contributed by atoms with van der Waals surface area (Å²) < 4.78 is 3.86. The first-order valence-electron chi connectivity index (χ1n) is 7.72. The molecule has 6 nitrogen and oxygen atoms in total. The van der Waals surface area contributed by atoms with Crippen LogP contribution in [0, 0.1) is 11.8 Å². The third-order valence-corrected chi connectivity index (χ3v) is 5.03. The number of nitrogens with one attached hydrogen (secondary N) is 1. The van der Waals surface area contributed by atoms with Gasteiger partial charge in [0.25, 0.3) is 6.47 Å². The van der Waals surface area contributed by atoms with Crippen LogP contribution in [0.1, 0.15) is 33.6 Å². The Balaban J connectivity index is 0.000000541. The van der Waals surface area contributed by atoms with Crippen LogP contribution in [0.15, 0.2) is 4.99 Å². The van der Waals surface area contributed by atoms with Crippen molar-refractivity contribution < 1.29 is 14.3 Å². The van der Waals surface area contributed by atoms with Gasteiger partial charge in [-0.05, 0) is 31.6 Å². The molecule has 2 aliphatic rings. The Bertz CT molecular complexity index is 405. The van der Waals surface area contributed by atoms with Gasteiger partial charge < -0.3 is 9.64 Å². The van der Waals surface area contributed by atoms with Crippen LogP contribution in [0.4, 0.5) is 0 Å². The summed E-state index contributed by atoms with van der Waals surface area (Å²) in [6.45, 7) is 7.52. The summed E-state index contributed by atoms with van der Waals surface area (Å²) in [5.74, 6) is 1.11. The van der Waals surface area contributed by atoms with Crippen molar-refractivity contribution in [3.05, 3.63) is 0 Å². The molecule has 0 spiro atoms. The largest absolute Gasteiger partial charge is 0.471 e. The molecular weight excluding hydrogens is 301 g/mol. The maximum atomic E-state index is 12.6. The lowest BCUT2D eigenvalue weighted by Gasteiger charge is -2.35. The Kier molecular flexibility index (Phi) is 7.97. The van der Waals surface area contributed by atoms with Gasteiger partial charge in [-0.3, -0.25) is 19.7 Å². The van der Waals surface area contributed by atoms with E-state index in [0.29, 0.717) is 36.9 Å². The number of methoxy groups -OCH3 is 1. The first kappa shape index (κ1) is 19.0. The van der Waals surface area contributed by atoms with Crippen LogP contribution in [0.3, 0.4) is 0 Å². The second kappa shape index (κ2) is 9.21. The van der Waals surface area contributed by atoms with E-state index in [9.17, 15) is 4.79 Å². The number of fused-ring (bicyclic) bond motifs is 1. The number of ether oxygens (including phenoxy) is 1. The molecule has 0 bridgehead atoms. The summed E-state index contributed by atoms with van der Waals surface area (Å²) in [6, 6.07) is 0.524. The minimum absolute atomic E-state index is 0.202. The second-order valence-electron chi connectivity index (χ2n) is 6.02. The minimum Gasteiger partial charge on any atom is -0.471 e.